The van der Waals surface area contributed by atoms with Crippen molar-refractivity contribution in [1.82, 2.24) is 0 Å². The Balaban J connectivity index is 2.54. The van der Waals surface area contributed by atoms with Gasteiger partial charge in [0.2, 0.25) is 0 Å². The lowest BCUT2D eigenvalue weighted by atomic mass is 9.95. The van der Waals surface area contributed by atoms with E-state index in [1.807, 2.05) is 13.8 Å². The third-order valence-corrected chi connectivity index (χ3v) is 2.43. The molecular formula is C11H18O2. The van der Waals surface area contributed by atoms with E-state index < -0.39 is 0 Å². The molecule has 0 amide bonds. The summed E-state index contributed by atoms with van der Waals surface area (Å²) in [6.45, 7) is 5.75. The number of ether oxygens (including phenoxy) is 1. The van der Waals surface area contributed by atoms with Crippen LogP contribution >= 0.6 is 0 Å². The second kappa shape index (κ2) is 5.18. The largest absolute Gasteiger partial charge is 0.381 e. The fraction of sp³-hybridized carbons (Fsp3) is 0.727. The SMILES string of the molecule is CC(C)/C(C=O)=C\C1CCCOC1. The van der Waals surface area contributed by atoms with Gasteiger partial charge < -0.3 is 4.74 Å². The first kappa shape index (κ1) is 10.5. The van der Waals surface area contributed by atoms with Gasteiger partial charge in [-0.05, 0) is 24.3 Å². The van der Waals surface area contributed by atoms with Crippen LogP contribution in [0.4, 0.5) is 0 Å². The Labute approximate surface area is 80.0 Å². The van der Waals surface area contributed by atoms with Crippen molar-refractivity contribution in [1.29, 1.82) is 0 Å². The fourth-order valence-electron chi connectivity index (χ4n) is 1.54. The van der Waals surface area contributed by atoms with Crippen LogP contribution in [0, 0.1) is 11.8 Å². The molecule has 0 bridgehead atoms. The lowest BCUT2D eigenvalue weighted by Crippen LogP contribution is -2.16. The van der Waals surface area contributed by atoms with E-state index in [2.05, 4.69) is 6.08 Å². The van der Waals surface area contributed by atoms with E-state index in [1.54, 1.807) is 0 Å². The molecule has 1 heterocycles. The number of rotatable bonds is 3. The number of carbonyl (C=O) groups is 1. The molecule has 2 heteroatoms. The van der Waals surface area contributed by atoms with Gasteiger partial charge in [0.15, 0.2) is 0 Å². The Morgan fingerprint density at radius 1 is 1.54 bits per heavy atom. The summed E-state index contributed by atoms with van der Waals surface area (Å²) in [7, 11) is 0. The molecule has 1 rings (SSSR count). The summed E-state index contributed by atoms with van der Waals surface area (Å²) in [6.07, 6.45) is 5.32. The summed E-state index contributed by atoms with van der Waals surface area (Å²) in [5.74, 6) is 0.788. The lowest BCUT2D eigenvalue weighted by molar-refractivity contribution is -0.105. The number of allylic oxidation sites excluding steroid dienone is 1. The Hall–Kier alpha value is -0.630. The number of hydrogen-bond donors (Lipinski definition) is 0. The quantitative estimate of drug-likeness (QED) is 0.494. The molecule has 0 spiro atoms. The smallest absolute Gasteiger partial charge is 0.145 e. The Morgan fingerprint density at radius 3 is 2.77 bits per heavy atom. The van der Waals surface area contributed by atoms with E-state index in [0.717, 1.165) is 37.9 Å². The van der Waals surface area contributed by atoms with E-state index >= 15 is 0 Å². The van der Waals surface area contributed by atoms with Gasteiger partial charge in [-0.3, -0.25) is 4.79 Å². The fourth-order valence-corrected chi connectivity index (χ4v) is 1.54. The molecule has 1 fully saturated rings. The van der Waals surface area contributed by atoms with Gasteiger partial charge in [0.05, 0.1) is 6.61 Å². The molecule has 0 N–H and O–H groups in total. The first-order valence-electron chi connectivity index (χ1n) is 4.98. The predicted octanol–water partition coefficient (Wildman–Crippen LogP) is 2.19. The molecule has 1 aliphatic heterocycles. The molecule has 0 aromatic heterocycles. The van der Waals surface area contributed by atoms with Crippen molar-refractivity contribution in [2.24, 2.45) is 11.8 Å². The summed E-state index contributed by atoms with van der Waals surface area (Å²) in [5.41, 5.74) is 0.913. The molecule has 0 aliphatic carbocycles. The number of aldehydes is 1. The molecule has 1 unspecified atom stereocenters. The second-order valence-electron chi connectivity index (χ2n) is 3.92. The average molecular weight is 182 g/mol. The van der Waals surface area contributed by atoms with E-state index in [0.29, 0.717) is 11.8 Å². The van der Waals surface area contributed by atoms with Crippen molar-refractivity contribution < 1.29 is 9.53 Å². The molecule has 1 aliphatic rings. The van der Waals surface area contributed by atoms with Crippen LogP contribution in [0.1, 0.15) is 26.7 Å². The molecule has 0 saturated carbocycles. The van der Waals surface area contributed by atoms with Crippen molar-refractivity contribution in [2.45, 2.75) is 26.7 Å². The van der Waals surface area contributed by atoms with Gasteiger partial charge in [0.1, 0.15) is 6.29 Å². The highest BCUT2D eigenvalue weighted by molar-refractivity contribution is 5.73. The first-order valence-corrected chi connectivity index (χ1v) is 4.98. The Kier molecular flexibility index (Phi) is 4.16. The molecule has 0 radical (unpaired) electrons. The highest BCUT2D eigenvalue weighted by Gasteiger charge is 2.13. The molecule has 1 atom stereocenters. The molecule has 0 aromatic rings. The first-order chi connectivity index (χ1) is 6.24. The molecule has 2 nitrogen and oxygen atoms in total. The summed E-state index contributed by atoms with van der Waals surface area (Å²) < 4.78 is 5.35. The van der Waals surface area contributed by atoms with Gasteiger partial charge in [0, 0.05) is 12.5 Å². The maximum Gasteiger partial charge on any atom is 0.145 e. The van der Waals surface area contributed by atoms with Gasteiger partial charge in [-0.25, -0.2) is 0 Å². The van der Waals surface area contributed by atoms with Crippen LogP contribution in [0.15, 0.2) is 11.6 Å². The minimum Gasteiger partial charge on any atom is -0.381 e. The molecule has 0 aromatic carbocycles. The lowest BCUT2D eigenvalue weighted by Gasteiger charge is -2.20. The number of carbonyl (C=O) groups excluding carboxylic acids is 1. The summed E-state index contributed by atoms with van der Waals surface area (Å²) >= 11 is 0. The molecular weight excluding hydrogens is 164 g/mol. The topological polar surface area (TPSA) is 26.3 Å². The summed E-state index contributed by atoms with van der Waals surface area (Å²) in [6, 6.07) is 0. The van der Waals surface area contributed by atoms with Crippen molar-refractivity contribution >= 4 is 6.29 Å². The Morgan fingerprint density at radius 2 is 2.31 bits per heavy atom. The highest BCUT2D eigenvalue weighted by atomic mass is 16.5. The number of hydrogen-bond acceptors (Lipinski definition) is 2. The predicted molar refractivity (Wildman–Crippen MR) is 52.5 cm³/mol. The van der Waals surface area contributed by atoms with Gasteiger partial charge >= 0.3 is 0 Å². The standard InChI is InChI=1S/C11H18O2/c1-9(2)11(7-12)6-10-4-3-5-13-8-10/h6-7,9-10H,3-5,8H2,1-2H3/b11-6-. The molecule has 1 saturated heterocycles. The van der Waals surface area contributed by atoms with Crippen molar-refractivity contribution in [2.75, 3.05) is 13.2 Å². The summed E-state index contributed by atoms with van der Waals surface area (Å²) in [5, 5.41) is 0. The van der Waals surface area contributed by atoms with Crippen LogP contribution < -0.4 is 0 Å². The van der Waals surface area contributed by atoms with Crippen molar-refractivity contribution in [3.8, 4) is 0 Å². The molecule has 74 valence electrons. The van der Waals surface area contributed by atoms with Crippen LogP contribution in [0.3, 0.4) is 0 Å². The van der Waals surface area contributed by atoms with Gasteiger partial charge in [-0.1, -0.05) is 19.9 Å². The van der Waals surface area contributed by atoms with Crippen LogP contribution in [0.5, 0.6) is 0 Å². The minimum absolute atomic E-state index is 0.333. The van der Waals surface area contributed by atoms with E-state index in [-0.39, 0.29) is 0 Å². The van der Waals surface area contributed by atoms with Crippen LogP contribution in [-0.2, 0) is 9.53 Å². The zero-order chi connectivity index (χ0) is 9.68. The maximum absolute atomic E-state index is 10.7. The van der Waals surface area contributed by atoms with Crippen LogP contribution in [-0.4, -0.2) is 19.5 Å². The third-order valence-electron chi connectivity index (χ3n) is 2.43. The van der Waals surface area contributed by atoms with Gasteiger partial charge in [-0.2, -0.15) is 0 Å². The summed E-state index contributed by atoms with van der Waals surface area (Å²) in [4.78, 5) is 10.7. The van der Waals surface area contributed by atoms with Gasteiger partial charge in [-0.15, -0.1) is 0 Å². The van der Waals surface area contributed by atoms with Crippen molar-refractivity contribution in [3.05, 3.63) is 11.6 Å². The van der Waals surface area contributed by atoms with Crippen molar-refractivity contribution in [3.63, 3.8) is 0 Å². The normalized spacial score (nSPS) is 24.8. The minimum atomic E-state index is 0.333. The van der Waals surface area contributed by atoms with Gasteiger partial charge in [0.25, 0.3) is 0 Å². The zero-order valence-electron chi connectivity index (χ0n) is 8.45. The zero-order valence-corrected chi connectivity index (χ0v) is 8.45. The third kappa shape index (κ3) is 3.31. The monoisotopic (exact) mass is 182 g/mol. The van der Waals surface area contributed by atoms with Crippen LogP contribution in [0.25, 0.3) is 0 Å². The molecule has 13 heavy (non-hydrogen) atoms. The highest BCUT2D eigenvalue weighted by Crippen LogP contribution is 2.18. The average Bonchev–Trinajstić information content (AvgIpc) is 2.15. The maximum atomic E-state index is 10.7. The Bertz CT molecular complexity index is 188. The van der Waals surface area contributed by atoms with E-state index in [4.69, 9.17) is 4.74 Å². The van der Waals surface area contributed by atoms with Crippen LogP contribution in [0.2, 0.25) is 0 Å². The van der Waals surface area contributed by atoms with E-state index in [1.165, 1.54) is 0 Å². The van der Waals surface area contributed by atoms with E-state index in [9.17, 15) is 4.79 Å². The second-order valence-corrected chi connectivity index (χ2v) is 3.92.